The first-order valence-corrected chi connectivity index (χ1v) is 9.26. The summed E-state index contributed by atoms with van der Waals surface area (Å²) in [6.07, 6.45) is 3.73. The summed E-state index contributed by atoms with van der Waals surface area (Å²) in [5.41, 5.74) is 4.59. The molecule has 0 N–H and O–H groups in total. The molecule has 1 aliphatic carbocycles. The third-order valence-electron chi connectivity index (χ3n) is 5.26. The van der Waals surface area contributed by atoms with Crippen molar-refractivity contribution in [3.05, 3.63) is 41.6 Å². The molecule has 3 nitrogen and oxygen atoms in total. The molecule has 3 rings (SSSR count). The number of benzene rings is 1. The van der Waals surface area contributed by atoms with Crippen LogP contribution in [0.15, 0.2) is 30.3 Å². The molecule has 128 valence electrons. The zero-order valence-electron chi connectivity index (χ0n) is 15.2. The molecule has 0 fully saturated rings. The van der Waals surface area contributed by atoms with Crippen molar-refractivity contribution in [2.24, 2.45) is 5.92 Å². The van der Waals surface area contributed by atoms with Crippen LogP contribution >= 0.6 is 0 Å². The summed E-state index contributed by atoms with van der Waals surface area (Å²) in [4.78, 5) is 12.7. The van der Waals surface area contributed by atoms with E-state index in [-0.39, 0.29) is 5.91 Å². The van der Waals surface area contributed by atoms with Gasteiger partial charge in [0.25, 0.3) is 0 Å². The summed E-state index contributed by atoms with van der Waals surface area (Å²) in [6, 6.07) is 10.3. The second kappa shape index (κ2) is 6.92. The molecule has 0 spiro atoms. The number of hydrogen-bond donors (Lipinski definition) is 0. The van der Waals surface area contributed by atoms with Crippen LogP contribution in [0.25, 0.3) is 11.3 Å². The predicted octanol–water partition coefficient (Wildman–Crippen LogP) is 5.63. The molecule has 2 aromatic rings. The van der Waals surface area contributed by atoms with Crippen molar-refractivity contribution in [1.29, 1.82) is 0 Å². The van der Waals surface area contributed by atoms with Crippen molar-refractivity contribution in [2.75, 3.05) is 0 Å². The van der Waals surface area contributed by atoms with Crippen LogP contribution in [0, 0.1) is 5.92 Å². The van der Waals surface area contributed by atoms with E-state index in [2.05, 4.69) is 32.9 Å². The van der Waals surface area contributed by atoms with Gasteiger partial charge in [0.2, 0.25) is 5.91 Å². The summed E-state index contributed by atoms with van der Waals surface area (Å²) in [6.45, 7) is 8.85. The number of aromatic nitrogens is 2. The minimum atomic E-state index is 0.112. The predicted molar refractivity (Wildman–Crippen MR) is 98.4 cm³/mol. The van der Waals surface area contributed by atoms with Gasteiger partial charge in [-0.2, -0.15) is 9.78 Å². The third-order valence-corrected chi connectivity index (χ3v) is 5.26. The molecule has 1 aromatic carbocycles. The zero-order chi connectivity index (χ0) is 17.3. The largest absolute Gasteiger partial charge is 0.273 e. The molecule has 1 heterocycles. The van der Waals surface area contributed by atoms with Crippen molar-refractivity contribution in [2.45, 2.75) is 65.2 Å². The molecular formula is C21H28N2O. The second-order valence-electron chi connectivity index (χ2n) is 7.40. The summed E-state index contributed by atoms with van der Waals surface area (Å²) < 4.78 is 1.71. The monoisotopic (exact) mass is 324 g/mol. The average molecular weight is 324 g/mol. The molecule has 0 bridgehead atoms. The molecular weight excluding hydrogens is 296 g/mol. The topological polar surface area (TPSA) is 34.9 Å². The lowest BCUT2D eigenvalue weighted by atomic mass is 9.75. The third kappa shape index (κ3) is 2.92. The first-order chi connectivity index (χ1) is 11.5. The highest BCUT2D eigenvalue weighted by molar-refractivity contribution is 5.85. The number of fused-ring (bicyclic) bond motifs is 1. The van der Waals surface area contributed by atoms with Gasteiger partial charge in [-0.3, -0.25) is 4.79 Å². The molecule has 2 atom stereocenters. The maximum absolute atomic E-state index is 12.7. The van der Waals surface area contributed by atoms with E-state index < -0.39 is 0 Å². The van der Waals surface area contributed by atoms with Crippen LogP contribution in [0.4, 0.5) is 0 Å². The number of rotatable bonds is 4. The molecule has 0 amide bonds. The van der Waals surface area contributed by atoms with Gasteiger partial charge < -0.3 is 0 Å². The smallest absolute Gasteiger partial charge is 0.247 e. The van der Waals surface area contributed by atoms with Gasteiger partial charge in [-0.05, 0) is 31.1 Å². The summed E-state index contributed by atoms with van der Waals surface area (Å²) >= 11 is 0. The first-order valence-electron chi connectivity index (χ1n) is 9.26. The average Bonchev–Trinajstić information content (AvgIpc) is 2.97. The van der Waals surface area contributed by atoms with Crippen LogP contribution in [0.5, 0.6) is 0 Å². The minimum absolute atomic E-state index is 0.112. The quantitative estimate of drug-likeness (QED) is 0.731. The van der Waals surface area contributed by atoms with E-state index in [1.54, 1.807) is 4.68 Å². The van der Waals surface area contributed by atoms with Gasteiger partial charge in [-0.15, -0.1) is 0 Å². The van der Waals surface area contributed by atoms with Crippen LogP contribution in [-0.4, -0.2) is 15.7 Å². The Bertz CT molecular complexity index is 715. The zero-order valence-corrected chi connectivity index (χ0v) is 15.2. The van der Waals surface area contributed by atoms with Crippen molar-refractivity contribution >= 4 is 5.91 Å². The number of hydrogen-bond acceptors (Lipinski definition) is 2. The number of carbonyl (C=O) groups excluding carboxylic acids is 1. The molecule has 3 heteroatoms. The van der Waals surface area contributed by atoms with Crippen molar-refractivity contribution < 1.29 is 4.79 Å². The van der Waals surface area contributed by atoms with Crippen LogP contribution in [0.1, 0.15) is 81.3 Å². The summed E-state index contributed by atoms with van der Waals surface area (Å²) in [7, 11) is 0. The Labute approximate surface area is 145 Å². The normalized spacial score (nSPS) is 20.2. The van der Waals surface area contributed by atoms with Gasteiger partial charge in [-0.25, -0.2) is 0 Å². The Balaban J connectivity index is 2.23. The van der Waals surface area contributed by atoms with Crippen molar-refractivity contribution in [3.8, 4) is 11.3 Å². The summed E-state index contributed by atoms with van der Waals surface area (Å²) in [5.74, 6) is 1.56. The molecule has 0 saturated heterocycles. The Morgan fingerprint density at radius 2 is 1.96 bits per heavy atom. The van der Waals surface area contributed by atoms with Crippen LogP contribution < -0.4 is 0 Å². The minimum Gasteiger partial charge on any atom is -0.273 e. The maximum atomic E-state index is 12.7. The number of nitrogens with zero attached hydrogens (tertiary/aromatic N) is 2. The molecule has 0 radical (unpaired) electrons. The molecule has 1 aliphatic rings. The summed E-state index contributed by atoms with van der Waals surface area (Å²) in [5, 5.41) is 4.87. The highest BCUT2D eigenvalue weighted by Gasteiger charge is 2.34. The van der Waals surface area contributed by atoms with Gasteiger partial charge in [0.05, 0.1) is 11.4 Å². The van der Waals surface area contributed by atoms with E-state index in [0.717, 1.165) is 23.4 Å². The van der Waals surface area contributed by atoms with E-state index in [1.807, 2.05) is 25.1 Å². The number of carbonyl (C=O) groups is 1. The second-order valence-corrected chi connectivity index (χ2v) is 7.40. The molecule has 0 saturated carbocycles. The molecule has 0 unspecified atom stereocenters. The Hall–Kier alpha value is -1.90. The van der Waals surface area contributed by atoms with Gasteiger partial charge in [0.15, 0.2) is 0 Å². The highest BCUT2D eigenvalue weighted by atomic mass is 16.2. The Morgan fingerprint density at radius 1 is 1.25 bits per heavy atom. The van der Waals surface area contributed by atoms with Crippen LogP contribution in [0.2, 0.25) is 0 Å². The van der Waals surface area contributed by atoms with E-state index in [0.29, 0.717) is 24.2 Å². The van der Waals surface area contributed by atoms with Gasteiger partial charge >= 0.3 is 0 Å². The van der Waals surface area contributed by atoms with Gasteiger partial charge in [-0.1, -0.05) is 58.0 Å². The lowest BCUT2D eigenvalue weighted by Gasteiger charge is -2.28. The Morgan fingerprint density at radius 3 is 2.58 bits per heavy atom. The molecule has 24 heavy (non-hydrogen) atoms. The van der Waals surface area contributed by atoms with E-state index in [4.69, 9.17) is 5.10 Å². The molecule has 1 aromatic heterocycles. The lowest BCUT2D eigenvalue weighted by molar-refractivity contribution is 0.0887. The SMILES string of the molecule is CCCC(=O)n1nc2c(c1-c1ccccc1)[C@H](C)CC[C@H]2C(C)C. The first kappa shape index (κ1) is 16.9. The fourth-order valence-corrected chi connectivity index (χ4v) is 3.94. The van der Waals surface area contributed by atoms with Crippen LogP contribution in [-0.2, 0) is 0 Å². The maximum Gasteiger partial charge on any atom is 0.247 e. The Kier molecular flexibility index (Phi) is 4.88. The highest BCUT2D eigenvalue weighted by Crippen LogP contribution is 2.45. The van der Waals surface area contributed by atoms with E-state index in [9.17, 15) is 4.79 Å². The lowest BCUT2D eigenvalue weighted by Crippen LogP contribution is -2.17. The fourth-order valence-electron chi connectivity index (χ4n) is 3.94. The van der Waals surface area contributed by atoms with Gasteiger partial charge in [0.1, 0.15) is 0 Å². The standard InChI is InChI=1S/C21H28N2O/c1-5-9-18(24)23-21(16-10-7-6-8-11-16)19-15(4)12-13-17(14(2)3)20(19)22-23/h6-8,10-11,14-15,17H,5,9,12-13H2,1-4H3/t15-,17+/m1/s1. The van der Waals surface area contributed by atoms with Crippen molar-refractivity contribution in [3.63, 3.8) is 0 Å². The van der Waals surface area contributed by atoms with Crippen LogP contribution in [0.3, 0.4) is 0 Å². The van der Waals surface area contributed by atoms with E-state index >= 15 is 0 Å². The van der Waals surface area contributed by atoms with Crippen molar-refractivity contribution in [1.82, 2.24) is 9.78 Å². The fraction of sp³-hybridized carbons (Fsp3) is 0.524. The van der Waals surface area contributed by atoms with Gasteiger partial charge in [0, 0.05) is 23.5 Å². The molecule has 0 aliphatic heterocycles. The van der Waals surface area contributed by atoms with E-state index in [1.165, 1.54) is 18.4 Å².